The molecule has 0 bridgehead atoms. The van der Waals surface area contributed by atoms with E-state index in [-0.39, 0.29) is 5.82 Å². The van der Waals surface area contributed by atoms with Crippen LogP contribution < -0.4 is 0 Å². The standard InChI is InChI=1S/C15H20BrF/c1-10-3-6-15(16)13(7-10)9-12-4-5-14(17)8-11(12)2/h4-5,8,10,13,15H,3,6-7,9H2,1-2H3. The van der Waals surface area contributed by atoms with Crippen LogP contribution in [0.2, 0.25) is 0 Å². The summed E-state index contributed by atoms with van der Waals surface area (Å²) in [5, 5.41) is 0. The molecule has 0 saturated heterocycles. The summed E-state index contributed by atoms with van der Waals surface area (Å²) in [5.41, 5.74) is 2.39. The molecule has 1 aromatic carbocycles. The van der Waals surface area contributed by atoms with E-state index in [0.29, 0.717) is 10.7 Å². The van der Waals surface area contributed by atoms with Crippen molar-refractivity contribution in [1.82, 2.24) is 0 Å². The molecule has 0 nitrogen and oxygen atoms in total. The van der Waals surface area contributed by atoms with Crippen LogP contribution in [0.25, 0.3) is 0 Å². The maximum Gasteiger partial charge on any atom is 0.123 e. The van der Waals surface area contributed by atoms with Crippen LogP contribution in [0.1, 0.15) is 37.3 Å². The topological polar surface area (TPSA) is 0 Å². The van der Waals surface area contributed by atoms with Crippen molar-refractivity contribution in [2.24, 2.45) is 11.8 Å². The molecular weight excluding hydrogens is 279 g/mol. The van der Waals surface area contributed by atoms with Gasteiger partial charge in [-0.3, -0.25) is 0 Å². The number of hydrogen-bond donors (Lipinski definition) is 0. The van der Waals surface area contributed by atoms with Gasteiger partial charge in [-0.1, -0.05) is 28.9 Å². The number of alkyl halides is 1. The predicted octanol–water partition coefficient (Wildman–Crippen LogP) is 4.88. The molecule has 0 aliphatic heterocycles. The Bertz CT molecular complexity index is 389. The van der Waals surface area contributed by atoms with Crippen LogP contribution >= 0.6 is 15.9 Å². The first-order valence-electron chi connectivity index (χ1n) is 6.45. The largest absolute Gasteiger partial charge is 0.207 e. The van der Waals surface area contributed by atoms with Crippen LogP contribution in [0.5, 0.6) is 0 Å². The van der Waals surface area contributed by atoms with Crippen LogP contribution in [-0.4, -0.2) is 4.83 Å². The van der Waals surface area contributed by atoms with E-state index in [0.717, 1.165) is 17.9 Å². The van der Waals surface area contributed by atoms with Gasteiger partial charge in [0.2, 0.25) is 0 Å². The van der Waals surface area contributed by atoms with Crippen molar-refractivity contribution < 1.29 is 4.39 Å². The Morgan fingerprint density at radius 1 is 1.35 bits per heavy atom. The summed E-state index contributed by atoms with van der Waals surface area (Å²) in [6.45, 7) is 4.34. The van der Waals surface area contributed by atoms with Crippen LogP contribution in [0.4, 0.5) is 4.39 Å². The smallest absolute Gasteiger partial charge is 0.123 e. The van der Waals surface area contributed by atoms with E-state index in [2.05, 4.69) is 22.9 Å². The fourth-order valence-corrected chi connectivity index (χ4v) is 3.51. The van der Waals surface area contributed by atoms with Crippen LogP contribution in [-0.2, 0) is 6.42 Å². The lowest BCUT2D eigenvalue weighted by atomic mass is 9.79. The molecule has 0 spiro atoms. The van der Waals surface area contributed by atoms with Gasteiger partial charge in [0, 0.05) is 4.83 Å². The maximum atomic E-state index is 13.1. The Kier molecular flexibility index (Phi) is 4.24. The summed E-state index contributed by atoms with van der Waals surface area (Å²) in [6, 6.07) is 5.17. The zero-order valence-electron chi connectivity index (χ0n) is 10.5. The number of aryl methyl sites for hydroxylation is 1. The van der Waals surface area contributed by atoms with Gasteiger partial charge in [0.05, 0.1) is 0 Å². The number of benzene rings is 1. The predicted molar refractivity (Wildman–Crippen MR) is 74.1 cm³/mol. The second-order valence-corrected chi connectivity index (χ2v) is 6.65. The van der Waals surface area contributed by atoms with Crippen molar-refractivity contribution in [1.29, 1.82) is 0 Å². The average molecular weight is 299 g/mol. The molecule has 3 atom stereocenters. The van der Waals surface area contributed by atoms with Gasteiger partial charge >= 0.3 is 0 Å². The molecule has 2 heteroatoms. The molecule has 1 aliphatic rings. The van der Waals surface area contributed by atoms with Crippen molar-refractivity contribution in [2.75, 3.05) is 0 Å². The van der Waals surface area contributed by atoms with E-state index in [4.69, 9.17) is 0 Å². The summed E-state index contributed by atoms with van der Waals surface area (Å²) in [6.07, 6.45) is 4.96. The molecule has 0 heterocycles. The summed E-state index contributed by atoms with van der Waals surface area (Å²) in [4.78, 5) is 0.628. The van der Waals surface area contributed by atoms with Crippen LogP contribution in [0, 0.1) is 24.6 Å². The zero-order valence-corrected chi connectivity index (χ0v) is 12.1. The van der Waals surface area contributed by atoms with Crippen molar-refractivity contribution in [3.63, 3.8) is 0 Å². The Labute approximate surface area is 112 Å². The lowest BCUT2D eigenvalue weighted by Gasteiger charge is -2.32. The van der Waals surface area contributed by atoms with E-state index in [9.17, 15) is 4.39 Å². The summed E-state index contributed by atoms with van der Waals surface area (Å²) in [5.74, 6) is 1.40. The first kappa shape index (κ1) is 13.1. The molecule has 94 valence electrons. The van der Waals surface area contributed by atoms with Gasteiger partial charge in [-0.05, 0) is 67.7 Å². The highest BCUT2D eigenvalue weighted by molar-refractivity contribution is 9.09. The molecule has 0 N–H and O–H groups in total. The van der Waals surface area contributed by atoms with E-state index >= 15 is 0 Å². The summed E-state index contributed by atoms with van der Waals surface area (Å²) >= 11 is 3.80. The Morgan fingerprint density at radius 3 is 2.82 bits per heavy atom. The third-order valence-electron chi connectivity index (χ3n) is 3.94. The molecule has 0 aromatic heterocycles. The summed E-state index contributed by atoms with van der Waals surface area (Å²) < 4.78 is 13.1. The Balaban J connectivity index is 2.08. The molecule has 2 rings (SSSR count). The van der Waals surface area contributed by atoms with Gasteiger partial charge in [0.25, 0.3) is 0 Å². The monoisotopic (exact) mass is 298 g/mol. The van der Waals surface area contributed by atoms with Gasteiger partial charge < -0.3 is 0 Å². The molecular formula is C15H20BrF. The molecule has 1 aromatic rings. The van der Waals surface area contributed by atoms with E-state index in [1.54, 1.807) is 12.1 Å². The number of hydrogen-bond acceptors (Lipinski definition) is 0. The van der Waals surface area contributed by atoms with Crippen LogP contribution in [0.15, 0.2) is 18.2 Å². The first-order chi connectivity index (χ1) is 8.06. The van der Waals surface area contributed by atoms with Gasteiger partial charge in [0.1, 0.15) is 5.82 Å². The highest BCUT2D eigenvalue weighted by Gasteiger charge is 2.27. The molecule has 0 amide bonds. The number of rotatable bonds is 2. The van der Waals surface area contributed by atoms with E-state index in [1.807, 2.05) is 13.0 Å². The molecule has 0 radical (unpaired) electrons. The minimum atomic E-state index is -0.126. The van der Waals surface area contributed by atoms with Crippen LogP contribution in [0.3, 0.4) is 0 Å². The number of halogens is 2. The third-order valence-corrected chi connectivity index (χ3v) is 5.14. The highest BCUT2D eigenvalue weighted by Crippen LogP contribution is 2.36. The third kappa shape index (κ3) is 3.31. The van der Waals surface area contributed by atoms with E-state index in [1.165, 1.54) is 24.8 Å². The molecule has 1 fully saturated rings. The molecule has 1 aliphatic carbocycles. The summed E-state index contributed by atoms with van der Waals surface area (Å²) in [7, 11) is 0. The fourth-order valence-electron chi connectivity index (χ4n) is 2.84. The Morgan fingerprint density at radius 2 is 2.12 bits per heavy atom. The SMILES string of the molecule is Cc1cc(F)ccc1CC1CC(C)CCC1Br. The second-order valence-electron chi connectivity index (χ2n) is 5.47. The normalized spacial score (nSPS) is 29.3. The van der Waals surface area contributed by atoms with Gasteiger partial charge in [-0.2, -0.15) is 0 Å². The Hall–Kier alpha value is -0.370. The second kappa shape index (κ2) is 5.51. The average Bonchev–Trinajstić information content (AvgIpc) is 2.27. The van der Waals surface area contributed by atoms with Crippen molar-refractivity contribution >= 4 is 15.9 Å². The minimum absolute atomic E-state index is 0.126. The zero-order chi connectivity index (χ0) is 12.4. The lowest BCUT2D eigenvalue weighted by molar-refractivity contribution is 0.294. The molecule has 17 heavy (non-hydrogen) atoms. The van der Waals surface area contributed by atoms with Gasteiger partial charge in [0.15, 0.2) is 0 Å². The fraction of sp³-hybridized carbons (Fsp3) is 0.600. The van der Waals surface area contributed by atoms with Gasteiger partial charge in [-0.25, -0.2) is 4.39 Å². The van der Waals surface area contributed by atoms with E-state index < -0.39 is 0 Å². The molecule has 3 unspecified atom stereocenters. The minimum Gasteiger partial charge on any atom is -0.207 e. The van der Waals surface area contributed by atoms with Crippen molar-refractivity contribution in [3.8, 4) is 0 Å². The quantitative estimate of drug-likeness (QED) is 0.683. The lowest BCUT2D eigenvalue weighted by Crippen LogP contribution is -2.25. The highest BCUT2D eigenvalue weighted by atomic mass is 79.9. The maximum absolute atomic E-state index is 13.1. The molecule has 1 saturated carbocycles. The van der Waals surface area contributed by atoms with Crippen molar-refractivity contribution in [2.45, 2.75) is 44.4 Å². The van der Waals surface area contributed by atoms with Gasteiger partial charge in [-0.15, -0.1) is 0 Å². The van der Waals surface area contributed by atoms with Crippen molar-refractivity contribution in [3.05, 3.63) is 35.1 Å². The first-order valence-corrected chi connectivity index (χ1v) is 7.37.